The molecule has 1 aromatic carbocycles. The Bertz CT molecular complexity index is 603. The number of rotatable bonds is 2. The van der Waals surface area contributed by atoms with Crippen molar-refractivity contribution < 1.29 is 19.0 Å². The summed E-state index contributed by atoms with van der Waals surface area (Å²) in [4.78, 5) is 3.73. The van der Waals surface area contributed by atoms with Gasteiger partial charge in [0.1, 0.15) is 25.1 Å². The predicted molar refractivity (Wildman–Crippen MR) is 65.7 cm³/mol. The van der Waals surface area contributed by atoms with Crippen molar-refractivity contribution in [1.82, 2.24) is 4.98 Å². The van der Waals surface area contributed by atoms with Gasteiger partial charge in [0, 0.05) is 11.8 Å². The van der Waals surface area contributed by atoms with Gasteiger partial charge in [0.15, 0.2) is 11.5 Å². The van der Waals surface area contributed by atoms with E-state index in [0.717, 1.165) is 6.20 Å². The van der Waals surface area contributed by atoms with Crippen LogP contribution >= 0.6 is 0 Å². The van der Waals surface area contributed by atoms with Crippen molar-refractivity contribution in [3.05, 3.63) is 53.6 Å². The second kappa shape index (κ2) is 4.85. The normalized spacial score (nSPS) is 15.1. The molecule has 3 rings (SSSR count). The number of pyridine rings is 1. The molecule has 1 N–H and O–H groups in total. The molecule has 0 bridgehead atoms. The lowest BCUT2D eigenvalue weighted by atomic mass is 10.0. The Hall–Kier alpha value is -2.14. The van der Waals surface area contributed by atoms with Crippen LogP contribution in [0.1, 0.15) is 17.2 Å². The van der Waals surface area contributed by atoms with Crippen LogP contribution in [0.5, 0.6) is 11.5 Å². The van der Waals surface area contributed by atoms with Crippen molar-refractivity contribution in [2.75, 3.05) is 13.2 Å². The van der Waals surface area contributed by atoms with E-state index < -0.39 is 11.9 Å². The van der Waals surface area contributed by atoms with Crippen LogP contribution < -0.4 is 9.47 Å². The van der Waals surface area contributed by atoms with Gasteiger partial charge in [-0.25, -0.2) is 4.39 Å². The fraction of sp³-hybridized carbons (Fsp3) is 0.214. The minimum absolute atomic E-state index is 0.400. The summed E-state index contributed by atoms with van der Waals surface area (Å²) in [6, 6.07) is 6.42. The van der Waals surface area contributed by atoms with Gasteiger partial charge in [-0.05, 0) is 23.8 Å². The number of hydrogen-bond acceptors (Lipinski definition) is 4. The van der Waals surface area contributed by atoms with Gasteiger partial charge in [-0.15, -0.1) is 0 Å². The van der Waals surface area contributed by atoms with E-state index in [4.69, 9.17) is 9.47 Å². The number of benzene rings is 1. The highest BCUT2D eigenvalue weighted by Crippen LogP contribution is 2.34. The van der Waals surface area contributed by atoms with Crippen LogP contribution in [-0.4, -0.2) is 23.3 Å². The molecule has 0 saturated heterocycles. The fourth-order valence-electron chi connectivity index (χ4n) is 2.00. The number of aromatic nitrogens is 1. The Balaban J connectivity index is 1.93. The van der Waals surface area contributed by atoms with Crippen LogP contribution in [0.4, 0.5) is 4.39 Å². The van der Waals surface area contributed by atoms with Crippen LogP contribution in [0, 0.1) is 5.82 Å². The van der Waals surface area contributed by atoms with Crippen LogP contribution in [0.15, 0.2) is 36.7 Å². The molecule has 1 unspecified atom stereocenters. The average molecular weight is 261 g/mol. The molecular weight excluding hydrogens is 249 g/mol. The monoisotopic (exact) mass is 261 g/mol. The maximum atomic E-state index is 13.1. The number of fused-ring (bicyclic) bond motifs is 1. The second-order valence-electron chi connectivity index (χ2n) is 4.24. The maximum absolute atomic E-state index is 13.1. The number of nitrogens with zero attached hydrogens (tertiary/aromatic N) is 1. The molecular formula is C14H12FNO3. The summed E-state index contributed by atoms with van der Waals surface area (Å²) in [6.45, 7) is 0.997. The Kier molecular flexibility index (Phi) is 3.05. The topological polar surface area (TPSA) is 51.6 Å². The quantitative estimate of drug-likeness (QED) is 0.899. The first-order valence-corrected chi connectivity index (χ1v) is 5.92. The fourth-order valence-corrected chi connectivity index (χ4v) is 2.00. The number of halogens is 1. The summed E-state index contributed by atoms with van der Waals surface area (Å²) >= 11 is 0. The molecule has 1 aliphatic heterocycles. The van der Waals surface area contributed by atoms with Gasteiger partial charge in [-0.1, -0.05) is 6.07 Å². The van der Waals surface area contributed by atoms with Gasteiger partial charge in [0.05, 0.1) is 6.20 Å². The molecule has 0 fully saturated rings. The molecule has 5 heteroatoms. The SMILES string of the molecule is OC(c1cncc(F)c1)c1ccc2c(c1)OCCO2. The molecule has 0 aliphatic carbocycles. The van der Waals surface area contributed by atoms with E-state index in [9.17, 15) is 9.50 Å². The lowest BCUT2D eigenvalue weighted by Gasteiger charge is -2.20. The Morgan fingerprint density at radius 3 is 2.63 bits per heavy atom. The largest absolute Gasteiger partial charge is 0.486 e. The van der Waals surface area contributed by atoms with Gasteiger partial charge < -0.3 is 14.6 Å². The van der Waals surface area contributed by atoms with E-state index >= 15 is 0 Å². The molecule has 0 saturated carbocycles. The third-order valence-electron chi connectivity index (χ3n) is 2.92. The smallest absolute Gasteiger partial charge is 0.161 e. The van der Waals surface area contributed by atoms with Crippen molar-refractivity contribution >= 4 is 0 Å². The first-order valence-electron chi connectivity index (χ1n) is 5.92. The summed E-state index contributed by atoms with van der Waals surface area (Å²) in [6.07, 6.45) is 1.59. The van der Waals surface area contributed by atoms with Crippen molar-refractivity contribution in [3.63, 3.8) is 0 Å². The zero-order valence-electron chi connectivity index (χ0n) is 10.0. The first-order chi connectivity index (χ1) is 9.24. The summed E-state index contributed by atoms with van der Waals surface area (Å²) in [5, 5.41) is 10.2. The van der Waals surface area contributed by atoms with Crippen LogP contribution in [-0.2, 0) is 0 Å². The minimum Gasteiger partial charge on any atom is -0.486 e. The van der Waals surface area contributed by atoms with Crippen molar-refractivity contribution in [2.45, 2.75) is 6.10 Å². The molecule has 4 nitrogen and oxygen atoms in total. The van der Waals surface area contributed by atoms with Gasteiger partial charge in [0.25, 0.3) is 0 Å². The molecule has 2 heterocycles. The zero-order chi connectivity index (χ0) is 13.2. The van der Waals surface area contributed by atoms with Gasteiger partial charge >= 0.3 is 0 Å². The number of aliphatic hydroxyl groups is 1. The van der Waals surface area contributed by atoms with Crippen molar-refractivity contribution in [1.29, 1.82) is 0 Å². The van der Waals surface area contributed by atoms with E-state index in [1.165, 1.54) is 12.3 Å². The summed E-state index contributed by atoms with van der Waals surface area (Å²) in [7, 11) is 0. The number of hydrogen-bond donors (Lipinski definition) is 1. The second-order valence-corrected chi connectivity index (χ2v) is 4.24. The van der Waals surface area contributed by atoms with Gasteiger partial charge in [0.2, 0.25) is 0 Å². The number of aliphatic hydroxyl groups excluding tert-OH is 1. The van der Waals surface area contributed by atoms with E-state index in [1.54, 1.807) is 18.2 Å². The Labute approximate surface area is 109 Å². The van der Waals surface area contributed by atoms with E-state index in [-0.39, 0.29) is 0 Å². The predicted octanol–water partition coefficient (Wildman–Crippen LogP) is 2.07. The maximum Gasteiger partial charge on any atom is 0.161 e. The highest BCUT2D eigenvalue weighted by molar-refractivity contribution is 5.45. The molecule has 0 amide bonds. The van der Waals surface area contributed by atoms with Crippen LogP contribution in [0.3, 0.4) is 0 Å². The van der Waals surface area contributed by atoms with E-state index in [1.807, 2.05) is 0 Å². The molecule has 19 heavy (non-hydrogen) atoms. The Morgan fingerprint density at radius 1 is 1.05 bits per heavy atom. The molecule has 98 valence electrons. The van der Waals surface area contributed by atoms with E-state index in [2.05, 4.69) is 4.98 Å². The van der Waals surface area contributed by atoms with E-state index in [0.29, 0.717) is 35.8 Å². The lowest BCUT2D eigenvalue weighted by Crippen LogP contribution is -2.15. The summed E-state index contributed by atoms with van der Waals surface area (Å²) in [5.41, 5.74) is 1.01. The molecule has 2 aromatic rings. The van der Waals surface area contributed by atoms with Gasteiger partial charge in [-0.3, -0.25) is 4.98 Å². The molecule has 1 aliphatic rings. The molecule has 0 spiro atoms. The summed E-state index contributed by atoms with van der Waals surface area (Å²) in [5.74, 6) is 0.765. The highest BCUT2D eigenvalue weighted by Gasteiger charge is 2.17. The molecule has 1 aromatic heterocycles. The average Bonchev–Trinajstić information content (AvgIpc) is 2.46. The molecule has 0 radical (unpaired) electrons. The lowest BCUT2D eigenvalue weighted by molar-refractivity contribution is 0.169. The molecule has 1 atom stereocenters. The zero-order valence-corrected chi connectivity index (χ0v) is 10.0. The standard InChI is InChI=1S/C14H12FNO3/c15-11-5-10(7-16-8-11)14(17)9-1-2-12-13(6-9)19-4-3-18-12/h1-2,5-8,14,17H,3-4H2. The first kappa shape index (κ1) is 11.9. The summed E-state index contributed by atoms with van der Waals surface area (Å²) < 4.78 is 24.0. The van der Waals surface area contributed by atoms with Crippen LogP contribution in [0.25, 0.3) is 0 Å². The van der Waals surface area contributed by atoms with Crippen LogP contribution in [0.2, 0.25) is 0 Å². The minimum atomic E-state index is -0.945. The third-order valence-corrected chi connectivity index (χ3v) is 2.92. The number of ether oxygens (including phenoxy) is 2. The van der Waals surface area contributed by atoms with Gasteiger partial charge in [-0.2, -0.15) is 0 Å². The Morgan fingerprint density at radius 2 is 1.84 bits per heavy atom. The van der Waals surface area contributed by atoms with Crippen molar-refractivity contribution in [3.8, 4) is 11.5 Å². The van der Waals surface area contributed by atoms with Crippen molar-refractivity contribution in [2.24, 2.45) is 0 Å². The third kappa shape index (κ3) is 2.37. The highest BCUT2D eigenvalue weighted by atomic mass is 19.1.